The molecule has 6 heteroatoms. The maximum atomic E-state index is 12.7. The molecule has 1 saturated heterocycles. The highest BCUT2D eigenvalue weighted by Crippen LogP contribution is 2.24. The number of carbonyl (C=O) groups is 2. The number of aromatic nitrogens is 1. The maximum absolute atomic E-state index is 12.7. The Hall–Kier alpha value is -3.31. The number of carbonyl (C=O) groups excluding carboxylic acids is 2. The van der Waals surface area contributed by atoms with E-state index in [1.807, 2.05) is 54.1 Å². The van der Waals surface area contributed by atoms with Gasteiger partial charge in [-0.1, -0.05) is 35.9 Å². The van der Waals surface area contributed by atoms with Crippen molar-refractivity contribution in [3.05, 3.63) is 88.8 Å². The second kappa shape index (κ2) is 6.78. The number of para-hydroxylation sites is 1. The molecule has 0 unspecified atom stereocenters. The van der Waals surface area contributed by atoms with Crippen LogP contribution in [0.5, 0.6) is 0 Å². The number of hydrogen-bond acceptors (Lipinski definition) is 2. The Morgan fingerprint density at radius 3 is 2.48 bits per heavy atom. The van der Waals surface area contributed by atoms with Gasteiger partial charge in [0.15, 0.2) is 0 Å². The summed E-state index contributed by atoms with van der Waals surface area (Å²) in [6.45, 7) is 1.94. The minimum absolute atomic E-state index is 0.224. The topological polar surface area (TPSA) is 54.3 Å². The molecule has 3 aromatic rings. The molecule has 3 amide bonds. The number of nitrogens with one attached hydrogen (secondary N) is 1. The molecule has 0 atom stereocenters. The number of nitrogens with zero attached hydrogens (tertiary/aromatic N) is 2. The number of halogens is 1. The van der Waals surface area contributed by atoms with E-state index in [0.29, 0.717) is 10.7 Å². The molecule has 27 heavy (non-hydrogen) atoms. The van der Waals surface area contributed by atoms with Gasteiger partial charge in [-0.15, -0.1) is 0 Å². The first kappa shape index (κ1) is 17.1. The first-order valence-corrected chi connectivity index (χ1v) is 8.78. The molecule has 0 spiro atoms. The third kappa shape index (κ3) is 3.13. The zero-order valence-electron chi connectivity index (χ0n) is 14.5. The summed E-state index contributed by atoms with van der Waals surface area (Å²) in [5, 5.41) is 3.32. The number of rotatable bonds is 3. The summed E-state index contributed by atoms with van der Waals surface area (Å²) in [7, 11) is 0. The van der Waals surface area contributed by atoms with Crippen molar-refractivity contribution >= 4 is 35.3 Å². The largest absolute Gasteiger partial charge is 0.333 e. The zero-order valence-corrected chi connectivity index (χ0v) is 15.3. The third-order valence-corrected chi connectivity index (χ3v) is 4.81. The van der Waals surface area contributed by atoms with Crippen LogP contribution in [0.15, 0.2) is 72.6 Å². The highest BCUT2D eigenvalue weighted by Gasteiger charge is 2.34. The summed E-state index contributed by atoms with van der Waals surface area (Å²) in [6.07, 6.45) is 3.54. The SMILES string of the molecule is Cc1ccc(-n2cccc2/C=C2/NC(=O)N(c3ccccc3)C2=O)cc1Cl. The minimum atomic E-state index is -0.464. The van der Waals surface area contributed by atoms with Gasteiger partial charge in [0, 0.05) is 22.6 Å². The van der Waals surface area contributed by atoms with Gasteiger partial charge in [0.2, 0.25) is 0 Å². The summed E-state index contributed by atoms with van der Waals surface area (Å²) >= 11 is 6.24. The lowest BCUT2D eigenvalue weighted by Crippen LogP contribution is -2.30. The molecule has 0 radical (unpaired) electrons. The molecule has 0 bridgehead atoms. The number of urea groups is 1. The third-order valence-electron chi connectivity index (χ3n) is 4.40. The molecular weight excluding hydrogens is 362 g/mol. The smallest absolute Gasteiger partial charge is 0.317 e. The first-order chi connectivity index (χ1) is 13.0. The maximum Gasteiger partial charge on any atom is 0.333 e. The average Bonchev–Trinajstić information content (AvgIpc) is 3.23. The lowest BCUT2D eigenvalue weighted by Gasteiger charge is -2.11. The highest BCUT2D eigenvalue weighted by molar-refractivity contribution is 6.31. The molecule has 2 heterocycles. The Kier molecular flexibility index (Phi) is 4.30. The van der Waals surface area contributed by atoms with Crippen LogP contribution in [-0.4, -0.2) is 16.5 Å². The lowest BCUT2D eigenvalue weighted by molar-refractivity contribution is -0.113. The van der Waals surface area contributed by atoms with Crippen LogP contribution in [0.1, 0.15) is 11.3 Å². The number of aryl methyl sites for hydroxylation is 1. The van der Waals surface area contributed by atoms with Crippen LogP contribution in [0.3, 0.4) is 0 Å². The van der Waals surface area contributed by atoms with E-state index in [2.05, 4.69) is 5.32 Å². The molecule has 1 aliphatic rings. The van der Waals surface area contributed by atoms with Crippen LogP contribution in [-0.2, 0) is 4.79 Å². The predicted molar refractivity (Wildman–Crippen MR) is 106 cm³/mol. The van der Waals surface area contributed by atoms with Gasteiger partial charge < -0.3 is 9.88 Å². The number of imide groups is 1. The summed E-state index contributed by atoms with van der Waals surface area (Å²) in [6, 6.07) is 17.9. The van der Waals surface area contributed by atoms with E-state index < -0.39 is 6.03 Å². The van der Waals surface area contributed by atoms with Gasteiger partial charge in [-0.2, -0.15) is 0 Å². The molecule has 2 aromatic carbocycles. The number of hydrogen-bond donors (Lipinski definition) is 1. The highest BCUT2D eigenvalue weighted by atomic mass is 35.5. The van der Waals surface area contributed by atoms with Crippen LogP contribution in [0, 0.1) is 6.92 Å². The van der Waals surface area contributed by atoms with Gasteiger partial charge in [-0.3, -0.25) is 4.79 Å². The minimum Gasteiger partial charge on any atom is -0.317 e. The van der Waals surface area contributed by atoms with E-state index in [0.717, 1.165) is 21.8 Å². The van der Waals surface area contributed by atoms with Gasteiger partial charge >= 0.3 is 6.03 Å². The van der Waals surface area contributed by atoms with E-state index >= 15 is 0 Å². The second-order valence-electron chi connectivity index (χ2n) is 6.20. The Morgan fingerprint density at radius 1 is 0.963 bits per heavy atom. The molecule has 1 aromatic heterocycles. The molecule has 1 N–H and O–H groups in total. The average molecular weight is 378 g/mol. The van der Waals surface area contributed by atoms with E-state index in [1.54, 1.807) is 30.3 Å². The Bertz CT molecular complexity index is 1070. The number of benzene rings is 2. The van der Waals surface area contributed by atoms with E-state index in [1.165, 1.54) is 0 Å². The van der Waals surface area contributed by atoms with Crippen molar-refractivity contribution in [3.63, 3.8) is 0 Å². The summed E-state index contributed by atoms with van der Waals surface area (Å²) in [5.41, 5.74) is 3.38. The van der Waals surface area contributed by atoms with Crippen molar-refractivity contribution in [2.45, 2.75) is 6.92 Å². The fourth-order valence-corrected chi connectivity index (χ4v) is 3.15. The van der Waals surface area contributed by atoms with Crippen LogP contribution < -0.4 is 10.2 Å². The van der Waals surface area contributed by atoms with E-state index in [-0.39, 0.29) is 11.6 Å². The van der Waals surface area contributed by atoms with Gasteiger partial charge in [0.05, 0.1) is 5.69 Å². The van der Waals surface area contributed by atoms with Crippen LogP contribution in [0.25, 0.3) is 11.8 Å². The summed E-state index contributed by atoms with van der Waals surface area (Å²) in [5.74, 6) is -0.388. The molecule has 134 valence electrons. The van der Waals surface area contributed by atoms with Gasteiger partial charge in [0.1, 0.15) is 5.70 Å². The van der Waals surface area contributed by atoms with Crippen LogP contribution in [0.4, 0.5) is 10.5 Å². The van der Waals surface area contributed by atoms with Crippen LogP contribution >= 0.6 is 11.6 Å². The van der Waals surface area contributed by atoms with Gasteiger partial charge in [-0.05, 0) is 55.0 Å². The molecule has 0 aliphatic carbocycles. The Morgan fingerprint density at radius 2 is 1.74 bits per heavy atom. The van der Waals surface area contributed by atoms with Crippen molar-refractivity contribution < 1.29 is 9.59 Å². The predicted octanol–water partition coefficient (Wildman–Crippen LogP) is 4.54. The Labute approximate surface area is 161 Å². The van der Waals surface area contributed by atoms with Crippen LogP contribution in [0.2, 0.25) is 5.02 Å². The molecular formula is C21H16ClN3O2. The van der Waals surface area contributed by atoms with Gasteiger partial charge in [0.25, 0.3) is 5.91 Å². The summed E-state index contributed by atoms with van der Waals surface area (Å²) < 4.78 is 1.91. The zero-order chi connectivity index (χ0) is 19.0. The second-order valence-corrected chi connectivity index (χ2v) is 6.61. The quantitative estimate of drug-likeness (QED) is 0.538. The normalized spacial score (nSPS) is 15.5. The molecule has 5 nitrogen and oxygen atoms in total. The molecule has 1 aliphatic heterocycles. The van der Waals surface area contributed by atoms with Crippen molar-refractivity contribution in [2.75, 3.05) is 4.90 Å². The summed E-state index contributed by atoms with van der Waals surface area (Å²) in [4.78, 5) is 26.1. The standard InChI is InChI=1S/C21H16ClN3O2/c1-14-9-10-17(12-18(14)22)24-11-5-8-16(24)13-19-20(26)25(21(27)23-19)15-6-3-2-4-7-15/h2-13H,1H3,(H,23,27)/b19-13+. The van der Waals surface area contributed by atoms with Crippen molar-refractivity contribution in [2.24, 2.45) is 0 Å². The van der Waals surface area contributed by atoms with E-state index in [4.69, 9.17) is 11.6 Å². The molecule has 4 rings (SSSR count). The lowest BCUT2D eigenvalue weighted by atomic mass is 10.2. The number of amides is 3. The first-order valence-electron chi connectivity index (χ1n) is 8.40. The van der Waals surface area contributed by atoms with Crippen molar-refractivity contribution in [1.29, 1.82) is 0 Å². The fourth-order valence-electron chi connectivity index (χ4n) is 2.97. The fraction of sp³-hybridized carbons (Fsp3) is 0.0476. The van der Waals surface area contributed by atoms with Gasteiger partial charge in [-0.25, -0.2) is 9.69 Å². The van der Waals surface area contributed by atoms with Crippen molar-refractivity contribution in [3.8, 4) is 5.69 Å². The molecule has 0 saturated carbocycles. The Balaban J connectivity index is 1.69. The monoisotopic (exact) mass is 377 g/mol. The number of anilines is 1. The van der Waals surface area contributed by atoms with Crippen molar-refractivity contribution in [1.82, 2.24) is 9.88 Å². The molecule has 1 fully saturated rings. The van der Waals surface area contributed by atoms with E-state index in [9.17, 15) is 9.59 Å².